The third-order valence-corrected chi connectivity index (χ3v) is 12.1. The fourth-order valence-corrected chi connectivity index (χ4v) is 10.1. The number of carbonyl (C=O) groups excluding carboxylic acids is 1. The topological polar surface area (TPSA) is 96.2 Å². The average Bonchev–Trinajstić information content (AvgIpc) is 3.15. The predicted molar refractivity (Wildman–Crippen MR) is 137 cm³/mol. The minimum Gasteiger partial charge on any atom is -0.465 e. The van der Waals surface area contributed by atoms with Crippen LogP contribution in [0.5, 0.6) is 0 Å². The molecule has 4 aliphatic carbocycles. The van der Waals surface area contributed by atoms with E-state index >= 15 is 0 Å². The first-order valence-corrected chi connectivity index (χ1v) is 14.8. The molecular formula is C30H50O6. The Morgan fingerprint density at radius 2 is 1.69 bits per heavy atom. The summed E-state index contributed by atoms with van der Waals surface area (Å²) in [5, 5.41) is 32.4. The number of aliphatic hydroxyl groups excluding tert-OH is 3. The van der Waals surface area contributed by atoms with Crippen LogP contribution in [0.25, 0.3) is 0 Å². The van der Waals surface area contributed by atoms with Crippen molar-refractivity contribution in [3.8, 4) is 0 Å². The lowest BCUT2D eigenvalue weighted by Crippen LogP contribution is -2.58. The Kier molecular flexibility index (Phi) is 7.33. The van der Waals surface area contributed by atoms with E-state index in [-0.39, 0.29) is 35.4 Å². The van der Waals surface area contributed by atoms with Gasteiger partial charge in [-0.25, -0.2) is 0 Å². The number of hydrogen-bond acceptors (Lipinski definition) is 6. The third-order valence-electron chi connectivity index (χ3n) is 12.1. The van der Waals surface area contributed by atoms with E-state index in [1.165, 1.54) is 25.7 Å². The van der Waals surface area contributed by atoms with Crippen LogP contribution in [-0.2, 0) is 14.3 Å². The van der Waals surface area contributed by atoms with Crippen LogP contribution < -0.4 is 0 Å². The summed E-state index contributed by atoms with van der Waals surface area (Å²) < 4.78 is 11.0. The van der Waals surface area contributed by atoms with Crippen molar-refractivity contribution in [3.05, 3.63) is 0 Å². The highest BCUT2D eigenvalue weighted by atomic mass is 16.6. The van der Waals surface area contributed by atoms with Crippen LogP contribution >= 0.6 is 0 Å². The molecule has 3 N–H and O–H groups in total. The van der Waals surface area contributed by atoms with E-state index in [0.29, 0.717) is 55.0 Å². The SMILES string of the molecule is CC(CC[C@@H](O)OC1(C)CCOC(=O)C1)C1CCC2C3C(O)CC4CC(O)CCC4(C)C3CCC12C. The molecule has 36 heavy (non-hydrogen) atoms. The van der Waals surface area contributed by atoms with E-state index in [2.05, 4.69) is 20.8 Å². The zero-order chi connectivity index (χ0) is 25.9. The first-order chi connectivity index (χ1) is 16.9. The van der Waals surface area contributed by atoms with Crippen LogP contribution in [0.4, 0.5) is 0 Å². The highest BCUT2D eigenvalue weighted by Crippen LogP contribution is 2.68. The summed E-state index contributed by atoms with van der Waals surface area (Å²) >= 11 is 0. The van der Waals surface area contributed by atoms with Gasteiger partial charge in [0.15, 0.2) is 6.29 Å². The molecule has 5 rings (SSSR count). The Morgan fingerprint density at radius 1 is 0.972 bits per heavy atom. The molecule has 0 amide bonds. The molecule has 1 saturated heterocycles. The van der Waals surface area contributed by atoms with Crippen LogP contribution in [0.2, 0.25) is 0 Å². The largest absolute Gasteiger partial charge is 0.465 e. The highest BCUT2D eigenvalue weighted by Gasteiger charge is 2.62. The molecule has 0 spiro atoms. The van der Waals surface area contributed by atoms with E-state index in [0.717, 1.165) is 32.1 Å². The highest BCUT2D eigenvalue weighted by molar-refractivity contribution is 5.71. The van der Waals surface area contributed by atoms with Gasteiger partial charge in [0.1, 0.15) is 0 Å². The molecule has 4 saturated carbocycles. The van der Waals surface area contributed by atoms with Crippen LogP contribution in [0.1, 0.15) is 105 Å². The number of hydrogen-bond donors (Lipinski definition) is 3. The Bertz CT molecular complexity index is 817. The predicted octanol–water partition coefficient (Wildman–Crippen LogP) is 4.82. The second-order valence-corrected chi connectivity index (χ2v) is 14.2. The maximum atomic E-state index is 11.7. The van der Waals surface area contributed by atoms with Gasteiger partial charge in [0, 0.05) is 6.42 Å². The zero-order valence-corrected chi connectivity index (χ0v) is 23.0. The third kappa shape index (κ3) is 4.67. The quantitative estimate of drug-likeness (QED) is 0.353. The van der Waals surface area contributed by atoms with E-state index in [1.807, 2.05) is 6.92 Å². The smallest absolute Gasteiger partial charge is 0.308 e. The van der Waals surface area contributed by atoms with Gasteiger partial charge in [-0.2, -0.15) is 0 Å². The molecule has 1 aliphatic heterocycles. The van der Waals surface area contributed by atoms with Crippen molar-refractivity contribution in [1.82, 2.24) is 0 Å². The molecule has 1 heterocycles. The van der Waals surface area contributed by atoms with E-state index in [1.54, 1.807) is 0 Å². The summed E-state index contributed by atoms with van der Waals surface area (Å²) in [6.07, 6.45) is 9.59. The molecule has 0 aromatic heterocycles. The van der Waals surface area contributed by atoms with Crippen molar-refractivity contribution in [1.29, 1.82) is 0 Å². The van der Waals surface area contributed by atoms with Crippen LogP contribution in [-0.4, -0.2) is 52.0 Å². The number of aliphatic hydroxyl groups is 3. The first kappa shape index (κ1) is 26.9. The van der Waals surface area contributed by atoms with Crippen LogP contribution in [0, 0.1) is 46.3 Å². The Labute approximate surface area is 217 Å². The van der Waals surface area contributed by atoms with E-state index < -0.39 is 11.9 Å². The van der Waals surface area contributed by atoms with Crippen molar-refractivity contribution in [2.45, 2.75) is 129 Å². The number of cyclic esters (lactones) is 1. The molecule has 6 heteroatoms. The van der Waals surface area contributed by atoms with Gasteiger partial charge in [0.2, 0.25) is 0 Å². The average molecular weight is 507 g/mol. The summed E-state index contributed by atoms with van der Waals surface area (Å²) in [7, 11) is 0. The van der Waals surface area contributed by atoms with Crippen LogP contribution in [0.3, 0.4) is 0 Å². The number of rotatable bonds is 6. The van der Waals surface area contributed by atoms with Gasteiger partial charge in [-0.15, -0.1) is 0 Å². The standard InChI is InChI=1S/C30H50O6/c1-18(5-8-25(33)36-28(2)13-14-35-26(34)17-28)21-6-7-22-27-23(10-12-30(21,22)4)29(3)11-9-20(31)15-19(29)16-24(27)32/h18-25,27,31-33H,5-17H2,1-4H3/t18?,19?,20?,21?,22?,23?,24?,25-,27?,28?,29?,30?/m0/s1. The molecule has 6 nitrogen and oxygen atoms in total. The summed E-state index contributed by atoms with van der Waals surface area (Å²) in [5.41, 5.74) is -0.137. The van der Waals surface area contributed by atoms with Gasteiger partial charge in [0.05, 0.1) is 30.8 Å². The van der Waals surface area contributed by atoms with E-state index in [4.69, 9.17) is 9.47 Å². The second kappa shape index (κ2) is 9.81. The molecule has 206 valence electrons. The van der Waals surface area contributed by atoms with Crippen molar-refractivity contribution in [2.75, 3.05) is 6.61 Å². The van der Waals surface area contributed by atoms with E-state index in [9.17, 15) is 20.1 Å². The lowest BCUT2D eigenvalue weighted by atomic mass is 9.43. The Balaban J connectivity index is 1.22. The fourth-order valence-electron chi connectivity index (χ4n) is 10.1. The minimum absolute atomic E-state index is 0.189. The summed E-state index contributed by atoms with van der Waals surface area (Å²) in [5.74, 6) is 2.80. The molecule has 11 unspecified atom stereocenters. The minimum atomic E-state index is -0.859. The zero-order valence-electron chi connectivity index (χ0n) is 23.0. The van der Waals surface area contributed by atoms with Gasteiger partial charge in [-0.1, -0.05) is 20.8 Å². The van der Waals surface area contributed by atoms with Crippen molar-refractivity contribution in [2.24, 2.45) is 46.3 Å². The summed E-state index contributed by atoms with van der Waals surface area (Å²) in [6, 6.07) is 0. The lowest BCUT2D eigenvalue weighted by Gasteiger charge is -2.62. The summed E-state index contributed by atoms with van der Waals surface area (Å²) in [6.45, 7) is 9.56. The molecule has 0 aromatic carbocycles. The number of esters is 1. The number of fused-ring (bicyclic) bond motifs is 5. The second-order valence-electron chi connectivity index (χ2n) is 14.2. The van der Waals surface area contributed by atoms with Crippen LogP contribution in [0.15, 0.2) is 0 Å². The lowest BCUT2D eigenvalue weighted by molar-refractivity contribution is -0.209. The molecule has 5 fully saturated rings. The van der Waals surface area contributed by atoms with Crippen molar-refractivity contribution < 1.29 is 29.6 Å². The Morgan fingerprint density at radius 3 is 2.44 bits per heavy atom. The Hall–Kier alpha value is -0.690. The number of ether oxygens (including phenoxy) is 2. The van der Waals surface area contributed by atoms with Crippen molar-refractivity contribution >= 4 is 5.97 Å². The van der Waals surface area contributed by atoms with Gasteiger partial charge in [-0.3, -0.25) is 4.79 Å². The molecule has 12 atom stereocenters. The normalized spacial score (nSPS) is 50.4. The maximum Gasteiger partial charge on any atom is 0.308 e. The molecule has 0 radical (unpaired) electrons. The van der Waals surface area contributed by atoms with Gasteiger partial charge < -0.3 is 24.8 Å². The molecule has 0 bridgehead atoms. The monoisotopic (exact) mass is 506 g/mol. The molecular weight excluding hydrogens is 456 g/mol. The molecule has 5 aliphatic rings. The van der Waals surface area contributed by atoms with Gasteiger partial charge >= 0.3 is 5.97 Å². The first-order valence-electron chi connectivity index (χ1n) is 14.8. The molecule has 0 aromatic rings. The van der Waals surface area contributed by atoms with Crippen molar-refractivity contribution in [3.63, 3.8) is 0 Å². The fraction of sp³-hybridized carbons (Fsp3) is 0.967. The van der Waals surface area contributed by atoms with Gasteiger partial charge in [0.25, 0.3) is 0 Å². The maximum absolute atomic E-state index is 11.7. The van der Waals surface area contributed by atoms with Gasteiger partial charge in [-0.05, 0) is 117 Å². The number of carbonyl (C=O) groups is 1. The summed E-state index contributed by atoms with van der Waals surface area (Å²) in [4.78, 5) is 11.7.